The molecule has 0 spiro atoms. The summed E-state index contributed by atoms with van der Waals surface area (Å²) in [4.78, 5) is 8.86. The third-order valence-electron chi connectivity index (χ3n) is 4.51. The molecule has 2 heterocycles. The largest absolute Gasteiger partial charge is 0.339 e. The summed E-state index contributed by atoms with van der Waals surface area (Å²) in [5.41, 5.74) is 8.13. The van der Waals surface area contributed by atoms with E-state index in [1.165, 1.54) is 10.9 Å². The summed E-state index contributed by atoms with van der Waals surface area (Å²) in [6, 6.07) is 10.2. The Morgan fingerprint density at radius 1 is 1.14 bits per heavy atom. The van der Waals surface area contributed by atoms with E-state index in [0.717, 1.165) is 37.6 Å². The average molecular weight is 294 g/mol. The van der Waals surface area contributed by atoms with Crippen LogP contribution in [-0.4, -0.2) is 15.1 Å². The smallest absolute Gasteiger partial charge is 0.227 e. The van der Waals surface area contributed by atoms with Gasteiger partial charge in [0.2, 0.25) is 5.89 Å². The molecule has 0 atom stereocenters. The number of hydrogen-bond donors (Lipinski definition) is 1. The molecule has 22 heavy (non-hydrogen) atoms. The number of fused-ring (bicyclic) bond motifs is 1. The number of benzene rings is 1. The first-order valence-electron chi connectivity index (χ1n) is 7.69. The number of aromatic nitrogens is 3. The van der Waals surface area contributed by atoms with Crippen LogP contribution in [0.4, 0.5) is 0 Å². The van der Waals surface area contributed by atoms with Gasteiger partial charge < -0.3 is 10.3 Å². The Bertz CT molecular complexity index is 802. The Labute approximate surface area is 128 Å². The van der Waals surface area contributed by atoms with Gasteiger partial charge >= 0.3 is 0 Å². The van der Waals surface area contributed by atoms with Gasteiger partial charge in [0.25, 0.3) is 0 Å². The Hall–Kier alpha value is -2.27. The number of pyridine rings is 1. The molecule has 1 aromatic carbocycles. The summed E-state index contributed by atoms with van der Waals surface area (Å²) < 4.78 is 5.36. The van der Waals surface area contributed by atoms with E-state index in [1.807, 2.05) is 24.4 Å². The molecule has 1 fully saturated rings. The molecule has 5 nitrogen and oxygen atoms in total. The van der Waals surface area contributed by atoms with Crippen molar-refractivity contribution < 1.29 is 4.52 Å². The topological polar surface area (TPSA) is 77.8 Å². The van der Waals surface area contributed by atoms with Crippen LogP contribution in [0.3, 0.4) is 0 Å². The number of para-hydroxylation sites is 1. The summed E-state index contributed by atoms with van der Waals surface area (Å²) in [5, 5.41) is 5.24. The van der Waals surface area contributed by atoms with E-state index >= 15 is 0 Å². The van der Waals surface area contributed by atoms with Crippen molar-refractivity contribution in [2.75, 3.05) is 0 Å². The fourth-order valence-electron chi connectivity index (χ4n) is 2.95. The maximum absolute atomic E-state index is 6.23. The zero-order chi connectivity index (χ0) is 15.0. The Morgan fingerprint density at radius 3 is 2.82 bits per heavy atom. The molecule has 3 aromatic rings. The van der Waals surface area contributed by atoms with E-state index in [4.69, 9.17) is 10.3 Å². The molecule has 0 bridgehead atoms. The van der Waals surface area contributed by atoms with Crippen LogP contribution in [0, 0.1) is 0 Å². The minimum Gasteiger partial charge on any atom is -0.339 e. The molecule has 5 heteroatoms. The van der Waals surface area contributed by atoms with Gasteiger partial charge in [-0.1, -0.05) is 23.4 Å². The maximum Gasteiger partial charge on any atom is 0.227 e. The van der Waals surface area contributed by atoms with Crippen molar-refractivity contribution in [1.82, 2.24) is 15.1 Å². The second kappa shape index (κ2) is 5.18. The minimum atomic E-state index is -0.356. The normalized spacial score (nSPS) is 16.6. The number of rotatable bonds is 4. The Morgan fingerprint density at radius 2 is 2.00 bits per heavy atom. The number of aryl methyl sites for hydroxylation is 2. The molecular weight excluding hydrogens is 276 g/mol. The summed E-state index contributed by atoms with van der Waals surface area (Å²) in [7, 11) is 0. The molecule has 4 rings (SSSR count). The van der Waals surface area contributed by atoms with Gasteiger partial charge in [0.1, 0.15) is 0 Å². The van der Waals surface area contributed by atoms with E-state index in [1.54, 1.807) is 0 Å². The molecule has 0 amide bonds. The summed E-state index contributed by atoms with van der Waals surface area (Å²) in [5.74, 6) is 1.32. The lowest BCUT2D eigenvalue weighted by Gasteiger charge is -2.34. The molecule has 2 aromatic heterocycles. The lowest BCUT2D eigenvalue weighted by atomic mass is 9.77. The standard InChI is InChI=1S/C17H18N4O/c18-17(9-3-10-17)16-20-15(22-21-16)7-6-12-8-11-19-14-5-2-1-4-13(12)14/h1-2,4-5,8,11H,3,6-7,9-10,18H2. The van der Waals surface area contributed by atoms with Gasteiger partial charge in [-0.2, -0.15) is 4.98 Å². The lowest BCUT2D eigenvalue weighted by molar-refractivity contribution is 0.229. The van der Waals surface area contributed by atoms with Gasteiger partial charge in [-0.25, -0.2) is 0 Å². The second-order valence-electron chi connectivity index (χ2n) is 6.01. The van der Waals surface area contributed by atoms with E-state index in [2.05, 4.69) is 27.3 Å². The average Bonchev–Trinajstić information content (AvgIpc) is 3.00. The molecular formula is C17H18N4O. The third kappa shape index (κ3) is 2.27. The van der Waals surface area contributed by atoms with Gasteiger partial charge in [-0.3, -0.25) is 4.98 Å². The number of nitrogens with zero attached hydrogens (tertiary/aromatic N) is 3. The molecule has 1 aliphatic rings. The highest BCUT2D eigenvalue weighted by Gasteiger charge is 2.38. The predicted molar refractivity (Wildman–Crippen MR) is 83.2 cm³/mol. The van der Waals surface area contributed by atoms with Crippen LogP contribution < -0.4 is 5.73 Å². The fraction of sp³-hybridized carbons (Fsp3) is 0.353. The molecule has 112 valence electrons. The monoisotopic (exact) mass is 294 g/mol. The number of nitrogens with two attached hydrogens (primary N) is 1. The van der Waals surface area contributed by atoms with E-state index in [9.17, 15) is 0 Å². The van der Waals surface area contributed by atoms with Crippen molar-refractivity contribution in [3.8, 4) is 0 Å². The van der Waals surface area contributed by atoms with Crippen molar-refractivity contribution in [2.24, 2.45) is 5.73 Å². The molecule has 2 N–H and O–H groups in total. The van der Waals surface area contributed by atoms with Crippen molar-refractivity contribution in [3.63, 3.8) is 0 Å². The summed E-state index contributed by atoms with van der Waals surface area (Å²) >= 11 is 0. The van der Waals surface area contributed by atoms with Crippen LogP contribution in [0.5, 0.6) is 0 Å². The second-order valence-corrected chi connectivity index (χ2v) is 6.01. The zero-order valence-corrected chi connectivity index (χ0v) is 12.3. The van der Waals surface area contributed by atoms with Gasteiger partial charge in [-0.15, -0.1) is 0 Å². The zero-order valence-electron chi connectivity index (χ0n) is 12.3. The number of hydrogen-bond acceptors (Lipinski definition) is 5. The van der Waals surface area contributed by atoms with E-state index < -0.39 is 0 Å². The highest BCUT2D eigenvalue weighted by Crippen LogP contribution is 2.36. The lowest BCUT2D eigenvalue weighted by Crippen LogP contribution is -2.44. The van der Waals surface area contributed by atoms with Crippen molar-refractivity contribution in [2.45, 2.75) is 37.6 Å². The van der Waals surface area contributed by atoms with Crippen molar-refractivity contribution in [3.05, 3.63) is 53.8 Å². The SMILES string of the molecule is NC1(c2noc(CCc3ccnc4ccccc34)n2)CCC1. The van der Waals surface area contributed by atoms with Gasteiger partial charge in [0.05, 0.1) is 11.1 Å². The Kier molecular flexibility index (Phi) is 3.15. The highest BCUT2D eigenvalue weighted by molar-refractivity contribution is 5.81. The molecule has 0 aliphatic heterocycles. The summed E-state index contributed by atoms with van der Waals surface area (Å²) in [6.45, 7) is 0. The Balaban J connectivity index is 1.52. The maximum atomic E-state index is 6.23. The molecule has 1 saturated carbocycles. The van der Waals surface area contributed by atoms with Crippen LogP contribution in [0.1, 0.15) is 36.5 Å². The summed E-state index contributed by atoms with van der Waals surface area (Å²) in [6.07, 6.45) is 6.45. The van der Waals surface area contributed by atoms with E-state index in [-0.39, 0.29) is 5.54 Å². The van der Waals surface area contributed by atoms with Crippen LogP contribution in [0.25, 0.3) is 10.9 Å². The predicted octanol–water partition coefficient (Wildman–Crippen LogP) is 2.74. The molecule has 0 unspecified atom stereocenters. The van der Waals surface area contributed by atoms with Gasteiger partial charge in [0.15, 0.2) is 5.82 Å². The minimum absolute atomic E-state index is 0.356. The van der Waals surface area contributed by atoms with Crippen LogP contribution in [0.2, 0.25) is 0 Å². The quantitative estimate of drug-likeness (QED) is 0.800. The third-order valence-corrected chi connectivity index (χ3v) is 4.51. The molecule has 0 saturated heterocycles. The highest BCUT2D eigenvalue weighted by atomic mass is 16.5. The fourth-order valence-corrected chi connectivity index (χ4v) is 2.95. The van der Waals surface area contributed by atoms with Crippen LogP contribution >= 0.6 is 0 Å². The molecule has 1 aliphatic carbocycles. The van der Waals surface area contributed by atoms with Crippen molar-refractivity contribution in [1.29, 1.82) is 0 Å². The first-order valence-corrected chi connectivity index (χ1v) is 7.69. The first kappa shape index (κ1) is 13.4. The first-order chi connectivity index (χ1) is 10.7. The van der Waals surface area contributed by atoms with Gasteiger partial charge in [0, 0.05) is 18.0 Å². The van der Waals surface area contributed by atoms with Crippen molar-refractivity contribution >= 4 is 10.9 Å². The van der Waals surface area contributed by atoms with Gasteiger partial charge in [-0.05, 0) is 43.4 Å². The van der Waals surface area contributed by atoms with E-state index in [0.29, 0.717) is 11.7 Å². The van der Waals surface area contributed by atoms with Crippen LogP contribution in [0.15, 0.2) is 41.1 Å². The molecule has 0 radical (unpaired) electrons. The van der Waals surface area contributed by atoms with Crippen LogP contribution in [-0.2, 0) is 18.4 Å².